The van der Waals surface area contributed by atoms with Crippen LogP contribution in [0.3, 0.4) is 0 Å². The van der Waals surface area contributed by atoms with E-state index >= 15 is 0 Å². The number of hydrogen-bond donors (Lipinski definition) is 1. The summed E-state index contributed by atoms with van der Waals surface area (Å²) in [5, 5.41) is 3.08. The molecular weight excluding hydrogens is 458 g/mol. The van der Waals surface area contributed by atoms with Crippen molar-refractivity contribution in [1.29, 1.82) is 0 Å². The van der Waals surface area contributed by atoms with Crippen molar-refractivity contribution in [3.05, 3.63) is 94.8 Å². The Kier molecular flexibility index (Phi) is 8.99. The van der Waals surface area contributed by atoms with Gasteiger partial charge in [0.15, 0.2) is 0 Å². The molecule has 1 heterocycles. The number of nitrogens with zero attached hydrogens (tertiary/aromatic N) is 2. The normalized spacial score (nSPS) is 11.3. The molecule has 0 saturated carbocycles. The summed E-state index contributed by atoms with van der Waals surface area (Å²) < 4.78 is 8.46. The van der Waals surface area contributed by atoms with Gasteiger partial charge in [-0.1, -0.05) is 61.9 Å². The summed E-state index contributed by atoms with van der Waals surface area (Å²) in [6, 6.07) is 22.6. The summed E-state index contributed by atoms with van der Waals surface area (Å²) >= 11 is 0. The van der Waals surface area contributed by atoms with Crippen LogP contribution in [0.4, 0.5) is 0 Å². The Morgan fingerprint density at radius 3 is 2.57 bits per heavy atom. The second kappa shape index (κ2) is 12.6. The topological polar surface area (TPSA) is 56.2 Å². The van der Waals surface area contributed by atoms with Gasteiger partial charge in [0.1, 0.15) is 11.6 Å². The lowest BCUT2D eigenvalue weighted by Gasteiger charge is -2.14. The number of fused-ring (bicyclic) bond motifs is 1. The van der Waals surface area contributed by atoms with Gasteiger partial charge in [0.2, 0.25) is 0 Å². The van der Waals surface area contributed by atoms with Crippen LogP contribution in [-0.2, 0) is 13.0 Å². The third-order valence-corrected chi connectivity index (χ3v) is 6.80. The number of hydrogen-bond acceptors (Lipinski definition) is 3. The van der Waals surface area contributed by atoms with Crippen LogP contribution in [0.15, 0.2) is 66.7 Å². The minimum Gasteiger partial charge on any atom is -0.493 e. The zero-order valence-electron chi connectivity index (χ0n) is 22.6. The average Bonchev–Trinajstić information content (AvgIpc) is 3.23. The van der Waals surface area contributed by atoms with Crippen LogP contribution >= 0.6 is 0 Å². The first-order valence-corrected chi connectivity index (χ1v) is 13.5. The van der Waals surface area contributed by atoms with Crippen molar-refractivity contribution in [3.8, 4) is 5.75 Å². The van der Waals surface area contributed by atoms with Gasteiger partial charge in [-0.3, -0.25) is 4.79 Å². The van der Waals surface area contributed by atoms with Gasteiger partial charge >= 0.3 is 0 Å². The summed E-state index contributed by atoms with van der Waals surface area (Å²) in [6.07, 6.45) is 3.65. The van der Waals surface area contributed by atoms with Crippen LogP contribution in [0, 0.1) is 13.8 Å². The predicted molar refractivity (Wildman–Crippen MR) is 152 cm³/mol. The highest BCUT2D eigenvalue weighted by atomic mass is 16.5. The third-order valence-electron chi connectivity index (χ3n) is 6.80. The number of carbonyl (C=O) groups is 1. The summed E-state index contributed by atoms with van der Waals surface area (Å²) in [5.74, 6) is 2.51. The molecule has 4 aromatic rings. The molecule has 0 aliphatic rings. The molecule has 0 radical (unpaired) electrons. The molecule has 0 unspecified atom stereocenters. The lowest BCUT2D eigenvalue weighted by molar-refractivity contribution is 0.0952. The first-order valence-electron chi connectivity index (χ1n) is 13.5. The molecule has 1 aromatic heterocycles. The van der Waals surface area contributed by atoms with Crippen molar-refractivity contribution in [2.24, 2.45) is 0 Å². The molecule has 0 spiro atoms. The molecule has 5 nitrogen and oxygen atoms in total. The van der Waals surface area contributed by atoms with Crippen molar-refractivity contribution in [2.75, 3.05) is 13.2 Å². The molecule has 4 rings (SSSR count). The van der Waals surface area contributed by atoms with Crippen molar-refractivity contribution in [2.45, 2.75) is 65.8 Å². The van der Waals surface area contributed by atoms with E-state index < -0.39 is 0 Å². The monoisotopic (exact) mass is 497 g/mol. The first-order chi connectivity index (χ1) is 17.9. The Bertz CT molecular complexity index is 1340. The first kappa shape index (κ1) is 26.5. The van der Waals surface area contributed by atoms with E-state index in [9.17, 15) is 4.79 Å². The number of rotatable bonds is 12. The fraction of sp³-hybridized carbons (Fsp3) is 0.375. The van der Waals surface area contributed by atoms with Gasteiger partial charge in [-0.25, -0.2) is 4.98 Å². The van der Waals surface area contributed by atoms with Crippen LogP contribution in [0.2, 0.25) is 0 Å². The molecule has 5 heteroatoms. The molecular formula is C32H39N3O2. The van der Waals surface area contributed by atoms with Crippen LogP contribution < -0.4 is 10.1 Å². The molecule has 0 saturated heterocycles. The minimum atomic E-state index is -0.00922. The number of amides is 1. The van der Waals surface area contributed by atoms with Crippen LogP contribution in [0.25, 0.3) is 11.0 Å². The van der Waals surface area contributed by atoms with E-state index in [1.807, 2.05) is 44.2 Å². The third kappa shape index (κ3) is 6.79. The van der Waals surface area contributed by atoms with E-state index in [-0.39, 0.29) is 5.91 Å². The maximum atomic E-state index is 12.6. The Balaban J connectivity index is 1.31. The number of imidazole rings is 1. The molecule has 1 amide bonds. The Morgan fingerprint density at radius 1 is 0.973 bits per heavy atom. The van der Waals surface area contributed by atoms with E-state index in [0.717, 1.165) is 60.4 Å². The van der Waals surface area contributed by atoms with E-state index in [2.05, 4.69) is 60.1 Å². The lowest BCUT2D eigenvalue weighted by Crippen LogP contribution is -2.25. The number of carbonyl (C=O) groups excluding carboxylic acids is 1. The number of para-hydroxylation sites is 3. The van der Waals surface area contributed by atoms with Crippen molar-refractivity contribution >= 4 is 16.9 Å². The van der Waals surface area contributed by atoms with E-state index in [0.29, 0.717) is 19.1 Å². The van der Waals surface area contributed by atoms with Gasteiger partial charge in [-0.2, -0.15) is 0 Å². The van der Waals surface area contributed by atoms with E-state index in [4.69, 9.17) is 9.72 Å². The predicted octanol–water partition coefficient (Wildman–Crippen LogP) is 7.00. The van der Waals surface area contributed by atoms with E-state index in [1.165, 1.54) is 16.6 Å². The standard InChI is InChI=1S/C32H39N3O2/c1-23(2)26-12-5-8-15-30(26)37-21-10-9-20-35-29-14-7-6-13-28(29)34-31(35)16-11-19-33-32(36)27-18-17-24(3)22-25(27)4/h5-8,12-15,17-18,22-23H,9-11,16,19-21H2,1-4H3,(H,33,36). The molecule has 1 N–H and O–H groups in total. The molecule has 3 aromatic carbocycles. The number of aromatic nitrogens is 2. The quantitative estimate of drug-likeness (QED) is 0.214. The Labute approximate surface area is 220 Å². The number of unbranched alkanes of at least 4 members (excludes halogenated alkanes) is 1. The fourth-order valence-electron chi connectivity index (χ4n) is 4.82. The summed E-state index contributed by atoms with van der Waals surface area (Å²) in [4.78, 5) is 17.5. The molecule has 194 valence electrons. The molecule has 0 aliphatic carbocycles. The Hall–Kier alpha value is -3.60. The van der Waals surface area contributed by atoms with Gasteiger partial charge in [0, 0.05) is 25.1 Å². The molecule has 0 atom stereocenters. The highest BCUT2D eigenvalue weighted by molar-refractivity contribution is 5.95. The number of nitrogens with one attached hydrogen (secondary N) is 1. The second-order valence-electron chi connectivity index (χ2n) is 10.1. The van der Waals surface area contributed by atoms with Crippen molar-refractivity contribution < 1.29 is 9.53 Å². The largest absolute Gasteiger partial charge is 0.493 e. The summed E-state index contributed by atoms with van der Waals surface area (Å²) in [6.45, 7) is 10.7. The molecule has 0 fully saturated rings. The highest BCUT2D eigenvalue weighted by Crippen LogP contribution is 2.26. The number of benzene rings is 3. The summed E-state index contributed by atoms with van der Waals surface area (Å²) in [5.41, 5.74) is 6.38. The van der Waals surface area contributed by atoms with E-state index in [1.54, 1.807) is 0 Å². The Morgan fingerprint density at radius 2 is 1.76 bits per heavy atom. The van der Waals surface area contributed by atoms with Crippen LogP contribution in [0.1, 0.15) is 71.9 Å². The molecule has 37 heavy (non-hydrogen) atoms. The molecule has 0 bridgehead atoms. The zero-order chi connectivity index (χ0) is 26.2. The maximum Gasteiger partial charge on any atom is 0.251 e. The summed E-state index contributed by atoms with van der Waals surface area (Å²) in [7, 11) is 0. The van der Waals surface area contributed by atoms with Gasteiger partial charge in [0.25, 0.3) is 5.91 Å². The minimum absolute atomic E-state index is 0.00922. The lowest BCUT2D eigenvalue weighted by atomic mass is 10.0. The smallest absolute Gasteiger partial charge is 0.251 e. The second-order valence-corrected chi connectivity index (χ2v) is 10.1. The van der Waals surface area contributed by atoms with Gasteiger partial charge < -0.3 is 14.6 Å². The maximum absolute atomic E-state index is 12.6. The fourth-order valence-corrected chi connectivity index (χ4v) is 4.82. The highest BCUT2D eigenvalue weighted by Gasteiger charge is 2.12. The molecule has 0 aliphatic heterocycles. The van der Waals surface area contributed by atoms with Crippen molar-refractivity contribution in [1.82, 2.24) is 14.9 Å². The van der Waals surface area contributed by atoms with Crippen LogP contribution in [-0.4, -0.2) is 28.6 Å². The average molecular weight is 498 g/mol. The van der Waals surface area contributed by atoms with Crippen molar-refractivity contribution in [3.63, 3.8) is 0 Å². The number of ether oxygens (including phenoxy) is 1. The van der Waals surface area contributed by atoms with Gasteiger partial charge in [-0.15, -0.1) is 0 Å². The van der Waals surface area contributed by atoms with Gasteiger partial charge in [-0.05, 0) is 74.4 Å². The SMILES string of the molecule is Cc1ccc(C(=O)NCCCc2nc3ccccc3n2CCCCOc2ccccc2C(C)C)c(C)c1. The van der Waals surface area contributed by atoms with Crippen LogP contribution in [0.5, 0.6) is 5.75 Å². The zero-order valence-corrected chi connectivity index (χ0v) is 22.6. The number of aryl methyl sites for hydroxylation is 4. The van der Waals surface area contributed by atoms with Gasteiger partial charge in [0.05, 0.1) is 17.6 Å².